The van der Waals surface area contributed by atoms with Crippen LogP contribution >= 0.6 is 0 Å². The Morgan fingerprint density at radius 2 is 1.85 bits per heavy atom. The minimum atomic E-state index is -0.495. The molecule has 0 heterocycles. The first kappa shape index (κ1) is 13.3. The third-order valence-electron chi connectivity index (χ3n) is 4.43. The number of benzene rings is 2. The molecule has 0 amide bonds. The summed E-state index contributed by atoms with van der Waals surface area (Å²) in [5, 5.41) is 0. The smallest absolute Gasteiger partial charge is 0.123 e. The van der Waals surface area contributed by atoms with Gasteiger partial charge in [-0.25, -0.2) is 4.39 Å². The highest BCUT2D eigenvalue weighted by atomic mass is 19.1. The van der Waals surface area contributed by atoms with Crippen molar-refractivity contribution in [1.82, 2.24) is 0 Å². The number of halogens is 1. The summed E-state index contributed by atoms with van der Waals surface area (Å²) in [5.74, 6) is -0.197. The van der Waals surface area contributed by atoms with E-state index in [0.29, 0.717) is 0 Å². The van der Waals surface area contributed by atoms with Crippen LogP contribution in [0.15, 0.2) is 42.5 Å². The van der Waals surface area contributed by atoms with E-state index in [1.54, 1.807) is 6.07 Å². The maximum Gasteiger partial charge on any atom is 0.123 e. The molecule has 1 aliphatic carbocycles. The molecule has 2 heteroatoms. The first-order chi connectivity index (χ1) is 9.61. The van der Waals surface area contributed by atoms with E-state index in [9.17, 15) is 4.39 Å². The van der Waals surface area contributed by atoms with Gasteiger partial charge in [-0.2, -0.15) is 0 Å². The summed E-state index contributed by atoms with van der Waals surface area (Å²) in [7, 11) is 0. The van der Waals surface area contributed by atoms with Crippen LogP contribution in [-0.2, 0) is 12.0 Å². The largest absolute Gasteiger partial charge is 0.318 e. The minimum absolute atomic E-state index is 0.197. The lowest BCUT2D eigenvalue weighted by molar-refractivity contribution is 0.476. The molecule has 0 aromatic heterocycles. The molecule has 1 nitrogen and oxygen atoms in total. The molecule has 2 aromatic carbocycles. The average Bonchev–Trinajstić information content (AvgIpc) is 2.59. The predicted octanol–water partition coefficient (Wildman–Crippen LogP) is 4.06. The fourth-order valence-electron chi connectivity index (χ4n) is 3.43. The van der Waals surface area contributed by atoms with Crippen LogP contribution in [0, 0.1) is 12.7 Å². The van der Waals surface area contributed by atoms with Crippen LogP contribution in [0.2, 0.25) is 0 Å². The molecule has 0 aliphatic heterocycles. The van der Waals surface area contributed by atoms with E-state index in [2.05, 4.69) is 18.2 Å². The van der Waals surface area contributed by atoms with E-state index < -0.39 is 5.54 Å². The molecule has 0 bridgehead atoms. The van der Waals surface area contributed by atoms with Crippen molar-refractivity contribution in [2.45, 2.75) is 38.1 Å². The van der Waals surface area contributed by atoms with E-state index in [0.717, 1.165) is 36.8 Å². The van der Waals surface area contributed by atoms with Gasteiger partial charge in [-0.1, -0.05) is 36.8 Å². The van der Waals surface area contributed by atoms with Gasteiger partial charge in [0.05, 0.1) is 5.54 Å². The Bertz CT molecular complexity index is 635. The van der Waals surface area contributed by atoms with Gasteiger partial charge in [0.2, 0.25) is 0 Å². The van der Waals surface area contributed by atoms with Crippen LogP contribution in [0.3, 0.4) is 0 Å². The Morgan fingerprint density at radius 3 is 2.65 bits per heavy atom. The van der Waals surface area contributed by atoms with Crippen molar-refractivity contribution in [3.05, 3.63) is 70.5 Å². The summed E-state index contributed by atoms with van der Waals surface area (Å²) in [4.78, 5) is 0. The van der Waals surface area contributed by atoms with Crippen LogP contribution in [-0.4, -0.2) is 0 Å². The Hall–Kier alpha value is -1.67. The minimum Gasteiger partial charge on any atom is -0.318 e. The molecular weight excluding hydrogens is 249 g/mol. The van der Waals surface area contributed by atoms with Gasteiger partial charge in [0.1, 0.15) is 5.82 Å². The zero-order valence-electron chi connectivity index (χ0n) is 11.8. The molecule has 1 aliphatic rings. The lowest BCUT2D eigenvalue weighted by atomic mass is 9.78. The van der Waals surface area contributed by atoms with Gasteiger partial charge in [0.25, 0.3) is 0 Å². The zero-order valence-corrected chi connectivity index (χ0v) is 11.8. The molecule has 1 unspecified atom stereocenters. The average molecular weight is 269 g/mol. The fourth-order valence-corrected chi connectivity index (χ4v) is 3.43. The predicted molar refractivity (Wildman–Crippen MR) is 80.1 cm³/mol. The quantitative estimate of drug-likeness (QED) is 0.776. The standard InChI is InChI=1S/C18H20FN/c1-13-12-15(19)9-10-16(13)18(20)11-5-4-7-14-6-2-3-8-17(14)18/h2-3,6,8-10,12H,4-5,7,11,20H2,1H3. The molecule has 2 aromatic rings. The zero-order chi connectivity index (χ0) is 14.2. The van der Waals surface area contributed by atoms with Crippen LogP contribution in [0.25, 0.3) is 0 Å². The fraction of sp³-hybridized carbons (Fsp3) is 0.333. The summed E-state index contributed by atoms with van der Waals surface area (Å²) in [6.07, 6.45) is 4.25. The molecule has 0 spiro atoms. The summed E-state index contributed by atoms with van der Waals surface area (Å²) in [6.45, 7) is 1.94. The second kappa shape index (κ2) is 5.02. The molecule has 3 rings (SSSR count). The lowest BCUT2D eigenvalue weighted by Crippen LogP contribution is -2.38. The number of hydrogen-bond donors (Lipinski definition) is 1. The van der Waals surface area contributed by atoms with Crippen LogP contribution in [0.4, 0.5) is 4.39 Å². The first-order valence-corrected chi connectivity index (χ1v) is 7.25. The maximum atomic E-state index is 13.4. The van der Waals surface area contributed by atoms with Crippen LogP contribution < -0.4 is 5.73 Å². The SMILES string of the molecule is Cc1cc(F)ccc1C1(N)CCCCc2ccccc21. The summed E-state index contributed by atoms with van der Waals surface area (Å²) in [5.41, 5.74) is 10.8. The van der Waals surface area contributed by atoms with Crippen molar-refractivity contribution in [2.75, 3.05) is 0 Å². The van der Waals surface area contributed by atoms with Crippen molar-refractivity contribution < 1.29 is 4.39 Å². The van der Waals surface area contributed by atoms with Gasteiger partial charge < -0.3 is 5.73 Å². The molecule has 0 saturated heterocycles. The molecule has 20 heavy (non-hydrogen) atoms. The third-order valence-corrected chi connectivity index (χ3v) is 4.43. The van der Waals surface area contributed by atoms with Crippen LogP contribution in [0.5, 0.6) is 0 Å². The molecule has 0 fully saturated rings. The van der Waals surface area contributed by atoms with E-state index in [1.807, 2.05) is 19.1 Å². The Balaban J connectivity index is 2.19. The van der Waals surface area contributed by atoms with Crippen molar-refractivity contribution in [3.8, 4) is 0 Å². The van der Waals surface area contributed by atoms with Crippen molar-refractivity contribution >= 4 is 0 Å². The normalized spacial score (nSPS) is 22.1. The second-order valence-corrected chi connectivity index (χ2v) is 5.79. The van der Waals surface area contributed by atoms with E-state index >= 15 is 0 Å². The highest BCUT2D eigenvalue weighted by molar-refractivity contribution is 5.46. The van der Waals surface area contributed by atoms with E-state index in [-0.39, 0.29) is 5.82 Å². The molecule has 2 N–H and O–H groups in total. The topological polar surface area (TPSA) is 26.0 Å². The van der Waals surface area contributed by atoms with E-state index in [4.69, 9.17) is 5.73 Å². The molecule has 1 atom stereocenters. The Morgan fingerprint density at radius 1 is 1.05 bits per heavy atom. The number of nitrogens with two attached hydrogens (primary N) is 1. The van der Waals surface area contributed by atoms with Gasteiger partial charge in [-0.15, -0.1) is 0 Å². The van der Waals surface area contributed by atoms with Crippen LogP contribution in [0.1, 0.15) is 41.5 Å². The van der Waals surface area contributed by atoms with Gasteiger partial charge in [-0.3, -0.25) is 0 Å². The van der Waals surface area contributed by atoms with E-state index in [1.165, 1.54) is 17.2 Å². The monoisotopic (exact) mass is 269 g/mol. The summed E-state index contributed by atoms with van der Waals surface area (Å²) < 4.78 is 13.4. The van der Waals surface area contributed by atoms with Gasteiger partial charge in [0.15, 0.2) is 0 Å². The number of rotatable bonds is 1. The molecule has 0 saturated carbocycles. The highest BCUT2D eigenvalue weighted by Gasteiger charge is 2.34. The van der Waals surface area contributed by atoms with Gasteiger partial charge >= 0.3 is 0 Å². The van der Waals surface area contributed by atoms with Gasteiger partial charge in [-0.05, 0) is 60.6 Å². The highest BCUT2D eigenvalue weighted by Crippen LogP contribution is 2.38. The lowest BCUT2D eigenvalue weighted by Gasteiger charge is -2.32. The first-order valence-electron chi connectivity index (χ1n) is 7.25. The number of fused-ring (bicyclic) bond motifs is 1. The van der Waals surface area contributed by atoms with Crippen molar-refractivity contribution in [3.63, 3.8) is 0 Å². The summed E-state index contributed by atoms with van der Waals surface area (Å²) >= 11 is 0. The molecule has 104 valence electrons. The Labute approximate surface area is 119 Å². The Kier molecular flexibility index (Phi) is 3.35. The summed E-state index contributed by atoms with van der Waals surface area (Å²) in [6, 6.07) is 13.4. The second-order valence-electron chi connectivity index (χ2n) is 5.79. The molecule has 0 radical (unpaired) electrons. The third kappa shape index (κ3) is 2.14. The van der Waals surface area contributed by atoms with Gasteiger partial charge in [0, 0.05) is 0 Å². The van der Waals surface area contributed by atoms with Crippen molar-refractivity contribution in [1.29, 1.82) is 0 Å². The molecular formula is C18H20FN. The number of hydrogen-bond acceptors (Lipinski definition) is 1. The maximum absolute atomic E-state index is 13.4. The van der Waals surface area contributed by atoms with Crippen molar-refractivity contribution in [2.24, 2.45) is 5.73 Å². The number of aryl methyl sites for hydroxylation is 2.